The molecule has 0 aromatic carbocycles. The Morgan fingerprint density at radius 2 is 2.27 bits per heavy atom. The lowest BCUT2D eigenvalue weighted by atomic mass is 9.99. The van der Waals surface area contributed by atoms with Crippen LogP contribution in [0.3, 0.4) is 0 Å². The van der Waals surface area contributed by atoms with Crippen molar-refractivity contribution in [3.63, 3.8) is 0 Å². The largest absolute Gasteiger partial charge is 0.369 e. The second-order valence-electron chi connectivity index (χ2n) is 6.69. The number of ether oxygens (including phenoxy) is 1. The Labute approximate surface area is 151 Å². The molecule has 1 amide bonds. The van der Waals surface area contributed by atoms with Gasteiger partial charge in [-0.3, -0.25) is 13.9 Å². The number of nitrogens with zero attached hydrogens (tertiary/aromatic N) is 5. The number of hydrogen-bond acceptors (Lipinski definition) is 5. The molecule has 8 heteroatoms. The van der Waals surface area contributed by atoms with E-state index >= 15 is 0 Å². The van der Waals surface area contributed by atoms with E-state index in [4.69, 9.17) is 4.74 Å². The van der Waals surface area contributed by atoms with Crippen LogP contribution in [0.4, 0.5) is 0 Å². The maximum absolute atomic E-state index is 12.6. The highest BCUT2D eigenvalue weighted by molar-refractivity contribution is 5.94. The van der Waals surface area contributed by atoms with Crippen LogP contribution >= 0.6 is 0 Å². The van der Waals surface area contributed by atoms with Crippen molar-refractivity contribution in [2.45, 2.75) is 38.9 Å². The Balaban J connectivity index is 1.45. The van der Waals surface area contributed by atoms with E-state index in [1.54, 1.807) is 10.9 Å². The summed E-state index contributed by atoms with van der Waals surface area (Å²) < 4.78 is 9.47. The number of hydrogen-bond donors (Lipinski definition) is 1. The van der Waals surface area contributed by atoms with Crippen LogP contribution in [-0.4, -0.2) is 42.7 Å². The first-order valence-electron chi connectivity index (χ1n) is 8.81. The van der Waals surface area contributed by atoms with E-state index in [9.17, 15) is 4.79 Å². The third kappa shape index (κ3) is 2.96. The third-order valence-electron chi connectivity index (χ3n) is 4.67. The summed E-state index contributed by atoms with van der Waals surface area (Å²) in [4.78, 5) is 21.3. The first-order chi connectivity index (χ1) is 12.5. The Bertz CT molecular complexity index is 927. The molecular weight excluding hydrogens is 332 g/mol. The van der Waals surface area contributed by atoms with Gasteiger partial charge in [0.2, 0.25) is 5.78 Å². The average molecular weight is 354 g/mol. The van der Waals surface area contributed by atoms with Crippen molar-refractivity contribution in [1.29, 1.82) is 0 Å². The van der Waals surface area contributed by atoms with E-state index in [1.165, 1.54) is 0 Å². The van der Waals surface area contributed by atoms with Crippen molar-refractivity contribution in [2.75, 3.05) is 6.54 Å². The quantitative estimate of drug-likeness (QED) is 0.766. The summed E-state index contributed by atoms with van der Waals surface area (Å²) in [6.07, 6.45) is 6.91. The van der Waals surface area contributed by atoms with Crippen LogP contribution in [0, 0.1) is 0 Å². The summed E-state index contributed by atoms with van der Waals surface area (Å²) in [7, 11) is 1.86. The summed E-state index contributed by atoms with van der Waals surface area (Å²) in [5.74, 6) is 0.514. The van der Waals surface area contributed by atoms with Crippen LogP contribution < -0.4 is 5.32 Å². The molecule has 26 heavy (non-hydrogen) atoms. The van der Waals surface area contributed by atoms with E-state index < -0.39 is 0 Å². The van der Waals surface area contributed by atoms with Crippen molar-refractivity contribution in [1.82, 2.24) is 29.5 Å². The monoisotopic (exact) mass is 354 g/mol. The molecule has 3 aromatic rings. The maximum Gasteiger partial charge on any atom is 0.272 e. The molecule has 0 saturated carbocycles. The lowest BCUT2D eigenvalue weighted by Gasteiger charge is -2.26. The molecule has 0 bridgehead atoms. The van der Waals surface area contributed by atoms with Gasteiger partial charge >= 0.3 is 0 Å². The molecule has 1 aliphatic rings. The summed E-state index contributed by atoms with van der Waals surface area (Å²) in [5, 5.41) is 7.39. The number of nitrogens with one attached hydrogen (secondary N) is 1. The first-order valence-corrected chi connectivity index (χ1v) is 8.81. The molecule has 1 aliphatic heterocycles. The van der Waals surface area contributed by atoms with Gasteiger partial charge in [-0.1, -0.05) is 0 Å². The Morgan fingerprint density at radius 1 is 1.42 bits per heavy atom. The van der Waals surface area contributed by atoms with Gasteiger partial charge in [0.25, 0.3) is 5.91 Å². The van der Waals surface area contributed by atoms with E-state index in [0.29, 0.717) is 30.9 Å². The molecule has 0 spiro atoms. The number of imidazole rings is 1. The molecule has 4 rings (SSSR count). The number of aromatic nitrogens is 5. The van der Waals surface area contributed by atoms with E-state index in [2.05, 4.69) is 20.4 Å². The molecule has 0 fully saturated rings. The SMILES string of the molecule is C[C@@H]1Cc2c(C(=O)NCCc3cn4cccnc4n3)nn(C)c2[C@H](C)O1. The summed E-state index contributed by atoms with van der Waals surface area (Å²) >= 11 is 0. The number of amides is 1. The molecule has 1 N–H and O–H groups in total. The van der Waals surface area contributed by atoms with Crippen LogP contribution in [-0.2, 0) is 24.6 Å². The first kappa shape index (κ1) is 16.7. The lowest BCUT2D eigenvalue weighted by molar-refractivity contribution is -0.00902. The second-order valence-corrected chi connectivity index (χ2v) is 6.69. The predicted molar refractivity (Wildman–Crippen MR) is 94.9 cm³/mol. The Kier molecular flexibility index (Phi) is 4.20. The molecule has 8 nitrogen and oxygen atoms in total. The second kappa shape index (κ2) is 6.53. The number of fused-ring (bicyclic) bond motifs is 2. The molecule has 136 valence electrons. The number of aryl methyl sites for hydroxylation is 1. The minimum atomic E-state index is -0.148. The number of carbonyl (C=O) groups excluding carboxylic acids is 1. The zero-order valence-electron chi connectivity index (χ0n) is 15.1. The smallest absolute Gasteiger partial charge is 0.272 e. The normalized spacial score (nSPS) is 19.5. The highest BCUT2D eigenvalue weighted by atomic mass is 16.5. The molecule has 0 unspecified atom stereocenters. The van der Waals surface area contributed by atoms with Crippen molar-refractivity contribution in [3.05, 3.63) is 47.3 Å². The molecule has 2 atom stereocenters. The highest BCUT2D eigenvalue weighted by Gasteiger charge is 2.31. The van der Waals surface area contributed by atoms with Crippen LogP contribution in [0.5, 0.6) is 0 Å². The summed E-state index contributed by atoms with van der Waals surface area (Å²) in [5.41, 5.74) is 3.37. The maximum atomic E-state index is 12.6. The Morgan fingerprint density at radius 3 is 3.08 bits per heavy atom. The zero-order chi connectivity index (χ0) is 18.3. The molecular formula is C18H22N6O2. The van der Waals surface area contributed by atoms with Crippen molar-refractivity contribution in [3.8, 4) is 0 Å². The van der Waals surface area contributed by atoms with Gasteiger partial charge in [-0.05, 0) is 19.9 Å². The molecule has 3 aromatic heterocycles. The van der Waals surface area contributed by atoms with Gasteiger partial charge in [0.1, 0.15) is 0 Å². The van der Waals surface area contributed by atoms with Gasteiger partial charge in [0.05, 0.1) is 23.6 Å². The molecule has 0 saturated heterocycles. The minimum absolute atomic E-state index is 0.0572. The predicted octanol–water partition coefficient (Wildman–Crippen LogP) is 1.46. The molecule has 0 radical (unpaired) electrons. The van der Waals surface area contributed by atoms with Gasteiger partial charge in [-0.2, -0.15) is 5.10 Å². The Hall–Kier alpha value is -2.74. The fourth-order valence-corrected chi connectivity index (χ4v) is 3.61. The highest BCUT2D eigenvalue weighted by Crippen LogP contribution is 2.31. The standard InChI is InChI=1S/C18H22N6O2/c1-11-9-14-15(22-23(3)16(14)12(2)26-11)17(25)19-7-5-13-10-24-8-4-6-20-18(24)21-13/h4,6,8,10-12H,5,7,9H2,1-3H3,(H,19,25)/t11-,12+/m1/s1. The third-order valence-corrected chi connectivity index (χ3v) is 4.67. The fraction of sp³-hybridized carbons (Fsp3) is 0.444. The van der Waals surface area contributed by atoms with Gasteiger partial charge in [0.15, 0.2) is 5.69 Å². The number of rotatable bonds is 4. The topological polar surface area (TPSA) is 86.3 Å². The van der Waals surface area contributed by atoms with E-state index in [1.807, 2.05) is 43.8 Å². The van der Waals surface area contributed by atoms with Crippen LogP contribution in [0.1, 0.15) is 47.4 Å². The average Bonchev–Trinajstić information content (AvgIpc) is 3.15. The van der Waals surface area contributed by atoms with Crippen molar-refractivity contribution in [2.24, 2.45) is 7.05 Å². The van der Waals surface area contributed by atoms with Gasteiger partial charge < -0.3 is 10.1 Å². The van der Waals surface area contributed by atoms with Crippen LogP contribution in [0.25, 0.3) is 5.78 Å². The fourth-order valence-electron chi connectivity index (χ4n) is 3.61. The van der Waals surface area contributed by atoms with Gasteiger partial charge in [-0.25, -0.2) is 9.97 Å². The summed E-state index contributed by atoms with van der Waals surface area (Å²) in [6, 6.07) is 1.86. The molecule has 0 aliphatic carbocycles. The van der Waals surface area contributed by atoms with E-state index in [0.717, 1.165) is 17.0 Å². The van der Waals surface area contributed by atoms with E-state index in [-0.39, 0.29) is 18.1 Å². The summed E-state index contributed by atoms with van der Waals surface area (Å²) in [6.45, 7) is 4.51. The van der Waals surface area contributed by atoms with Crippen molar-refractivity contribution < 1.29 is 9.53 Å². The van der Waals surface area contributed by atoms with Gasteiger partial charge in [-0.15, -0.1) is 0 Å². The lowest BCUT2D eigenvalue weighted by Crippen LogP contribution is -2.29. The van der Waals surface area contributed by atoms with Gasteiger partial charge in [0, 0.05) is 50.6 Å². The molecule has 4 heterocycles. The zero-order valence-corrected chi connectivity index (χ0v) is 15.1. The van der Waals surface area contributed by atoms with Crippen LogP contribution in [0.2, 0.25) is 0 Å². The minimum Gasteiger partial charge on any atom is -0.369 e. The van der Waals surface area contributed by atoms with Crippen molar-refractivity contribution >= 4 is 11.7 Å². The number of carbonyl (C=O) groups is 1. The van der Waals surface area contributed by atoms with Crippen LogP contribution in [0.15, 0.2) is 24.7 Å².